The highest BCUT2D eigenvalue weighted by atomic mass is 19.2. The summed E-state index contributed by atoms with van der Waals surface area (Å²) in [6, 6.07) is 12.8. The van der Waals surface area contributed by atoms with Crippen molar-refractivity contribution in [2.75, 3.05) is 51.8 Å². The topological polar surface area (TPSA) is 105 Å². The molecule has 0 aliphatic carbocycles. The fraction of sp³-hybridized carbons (Fsp3) is 0.407. The van der Waals surface area contributed by atoms with Crippen LogP contribution in [0.15, 0.2) is 48.5 Å². The molecule has 10 nitrogen and oxygen atoms in total. The van der Waals surface area contributed by atoms with E-state index in [1.807, 2.05) is 37.3 Å². The van der Waals surface area contributed by atoms with Gasteiger partial charge >= 0.3 is 6.03 Å². The first-order chi connectivity index (χ1) is 18.9. The van der Waals surface area contributed by atoms with Crippen LogP contribution >= 0.6 is 0 Å². The Bertz CT molecular complexity index is 1280. The molecule has 12 heteroatoms. The molecule has 0 saturated carbocycles. The molecule has 0 spiro atoms. The van der Waals surface area contributed by atoms with Crippen molar-refractivity contribution in [2.24, 2.45) is 0 Å². The number of carbonyl (C=O) groups excluding carboxylic acids is 1. The molecule has 3 heterocycles. The molecule has 2 fully saturated rings. The van der Waals surface area contributed by atoms with E-state index >= 15 is 0 Å². The minimum absolute atomic E-state index is 0.223. The Morgan fingerprint density at radius 3 is 2.56 bits per heavy atom. The van der Waals surface area contributed by atoms with Gasteiger partial charge in [0.15, 0.2) is 11.6 Å². The molecule has 2 saturated heterocycles. The summed E-state index contributed by atoms with van der Waals surface area (Å²) in [5.74, 6) is -1.16. The standard InChI is InChI=1S/C27H33F2N7O3/c1-17-25(36(19-6-4-3-5-7-19)34-26(17)39-11-10-38-2)33-27(37)32-24-16-35(20-13-30-31-14-20)15-21(24)18-8-9-22(28)23(29)12-18/h3-9,12,20-21,24,30-31H,10-11,13-16H2,1-2H3,(H2,32,33,37)/t21-,24+/m0/s1. The van der Waals surface area contributed by atoms with Crippen LogP contribution in [0.4, 0.5) is 19.4 Å². The van der Waals surface area contributed by atoms with Gasteiger partial charge in [0.05, 0.1) is 23.9 Å². The second-order valence-electron chi connectivity index (χ2n) is 9.72. The summed E-state index contributed by atoms with van der Waals surface area (Å²) in [6.07, 6.45) is 0. The summed E-state index contributed by atoms with van der Waals surface area (Å²) in [5.41, 5.74) is 8.31. The number of carbonyl (C=O) groups is 1. The van der Waals surface area contributed by atoms with Gasteiger partial charge in [-0.05, 0) is 36.8 Å². The van der Waals surface area contributed by atoms with Crippen molar-refractivity contribution in [1.82, 2.24) is 30.8 Å². The number of hydrogen-bond donors (Lipinski definition) is 4. The number of halogens is 2. The van der Waals surface area contributed by atoms with Gasteiger partial charge in [0, 0.05) is 45.2 Å². The van der Waals surface area contributed by atoms with E-state index in [-0.39, 0.29) is 18.0 Å². The molecular weight excluding hydrogens is 508 g/mol. The Labute approximate surface area is 225 Å². The van der Waals surface area contributed by atoms with Crippen LogP contribution in [0.5, 0.6) is 5.88 Å². The van der Waals surface area contributed by atoms with Crippen molar-refractivity contribution in [1.29, 1.82) is 0 Å². The number of ether oxygens (including phenoxy) is 2. The Morgan fingerprint density at radius 1 is 1.08 bits per heavy atom. The molecule has 1 aromatic heterocycles. The summed E-state index contributed by atoms with van der Waals surface area (Å²) >= 11 is 0. The molecule has 2 aliphatic rings. The molecular formula is C27H33F2N7O3. The molecule has 39 heavy (non-hydrogen) atoms. The van der Waals surface area contributed by atoms with Gasteiger partial charge in [0.1, 0.15) is 12.4 Å². The van der Waals surface area contributed by atoms with Crippen LogP contribution in [0.3, 0.4) is 0 Å². The van der Waals surface area contributed by atoms with E-state index in [0.717, 1.165) is 24.8 Å². The van der Waals surface area contributed by atoms with E-state index in [1.165, 1.54) is 6.07 Å². The monoisotopic (exact) mass is 541 g/mol. The van der Waals surface area contributed by atoms with E-state index in [1.54, 1.807) is 17.9 Å². The molecule has 2 aromatic carbocycles. The second-order valence-corrected chi connectivity index (χ2v) is 9.72. The summed E-state index contributed by atoms with van der Waals surface area (Å²) in [4.78, 5) is 15.7. The fourth-order valence-corrected chi connectivity index (χ4v) is 5.12. The normalized spacial score (nSPS) is 19.9. The zero-order valence-electron chi connectivity index (χ0n) is 21.9. The number of para-hydroxylation sites is 1. The lowest BCUT2D eigenvalue weighted by molar-refractivity contribution is 0.143. The lowest BCUT2D eigenvalue weighted by Crippen LogP contribution is -2.44. The Balaban J connectivity index is 1.37. The summed E-state index contributed by atoms with van der Waals surface area (Å²) in [6.45, 7) is 5.21. The number of anilines is 1. The SMILES string of the molecule is COCCOc1nn(-c2ccccc2)c(NC(=O)N[C@@H]2CN(C3CNNC3)C[C@H]2c2ccc(F)c(F)c2)c1C. The van der Waals surface area contributed by atoms with Gasteiger partial charge < -0.3 is 14.8 Å². The van der Waals surface area contributed by atoms with E-state index in [4.69, 9.17) is 9.47 Å². The Kier molecular flexibility index (Phi) is 8.36. The maximum Gasteiger partial charge on any atom is 0.320 e. The molecule has 0 unspecified atom stereocenters. The average Bonchev–Trinajstić information content (AvgIpc) is 3.68. The van der Waals surface area contributed by atoms with Gasteiger partial charge in [-0.15, -0.1) is 5.10 Å². The van der Waals surface area contributed by atoms with Crippen LogP contribution in [-0.4, -0.2) is 79.3 Å². The molecule has 208 valence electrons. The van der Waals surface area contributed by atoms with Crippen molar-refractivity contribution in [2.45, 2.75) is 24.9 Å². The van der Waals surface area contributed by atoms with Crippen LogP contribution in [0.2, 0.25) is 0 Å². The van der Waals surface area contributed by atoms with Crippen molar-refractivity contribution in [3.05, 3.63) is 71.3 Å². The summed E-state index contributed by atoms with van der Waals surface area (Å²) < 4.78 is 40.3. The van der Waals surface area contributed by atoms with Gasteiger partial charge in [-0.1, -0.05) is 24.3 Å². The van der Waals surface area contributed by atoms with Crippen molar-refractivity contribution in [3.63, 3.8) is 0 Å². The number of rotatable bonds is 9. The van der Waals surface area contributed by atoms with E-state index in [9.17, 15) is 13.6 Å². The quantitative estimate of drug-likeness (QED) is 0.309. The third kappa shape index (κ3) is 6.04. The lowest BCUT2D eigenvalue weighted by Gasteiger charge is -2.22. The Hall–Kier alpha value is -3.58. The number of nitrogens with one attached hydrogen (secondary N) is 4. The lowest BCUT2D eigenvalue weighted by atomic mass is 9.94. The van der Waals surface area contributed by atoms with Crippen LogP contribution < -0.4 is 26.2 Å². The number of hydrogen-bond acceptors (Lipinski definition) is 7. The highest BCUT2D eigenvalue weighted by molar-refractivity contribution is 5.90. The van der Waals surface area contributed by atoms with Gasteiger partial charge in [0.2, 0.25) is 5.88 Å². The van der Waals surface area contributed by atoms with E-state index in [2.05, 4.69) is 31.5 Å². The molecule has 0 bridgehead atoms. The maximum atomic E-state index is 14.1. The minimum atomic E-state index is -0.901. The molecule has 0 radical (unpaired) electrons. The number of amides is 2. The first kappa shape index (κ1) is 27.0. The predicted molar refractivity (Wildman–Crippen MR) is 142 cm³/mol. The number of urea groups is 1. The minimum Gasteiger partial charge on any atom is -0.474 e. The van der Waals surface area contributed by atoms with Gasteiger partial charge in [-0.25, -0.2) is 18.3 Å². The van der Waals surface area contributed by atoms with Crippen molar-refractivity contribution in [3.8, 4) is 11.6 Å². The predicted octanol–water partition coefficient (Wildman–Crippen LogP) is 2.55. The van der Waals surface area contributed by atoms with Crippen molar-refractivity contribution < 1.29 is 23.0 Å². The van der Waals surface area contributed by atoms with E-state index in [0.29, 0.717) is 49.1 Å². The number of methoxy groups -OCH3 is 1. The molecule has 4 N–H and O–H groups in total. The van der Waals surface area contributed by atoms with Crippen LogP contribution in [0.25, 0.3) is 5.69 Å². The van der Waals surface area contributed by atoms with Crippen LogP contribution in [-0.2, 0) is 4.74 Å². The largest absolute Gasteiger partial charge is 0.474 e. The van der Waals surface area contributed by atoms with Gasteiger partial charge in [-0.2, -0.15) is 0 Å². The number of benzene rings is 2. The van der Waals surface area contributed by atoms with Crippen LogP contribution in [0.1, 0.15) is 17.0 Å². The number of nitrogens with zero attached hydrogens (tertiary/aromatic N) is 3. The fourth-order valence-electron chi connectivity index (χ4n) is 5.12. The molecule has 3 aromatic rings. The molecule has 2 aliphatic heterocycles. The van der Waals surface area contributed by atoms with Crippen molar-refractivity contribution >= 4 is 11.8 Å². The molecule has 2 amide bonds. The van der Waals surface area contributed by atoms with E-state index < -0.39 is 17.7 Å². The highest BCUT2D eigenvalue weighted by Crippen LogP contribution is 2.31. The van der Waals surface area contributed by atoms with Gasteiger partial charge in [-0.3, -0.25) is 21.1 Å². The second kappa shape index (κ2) is 12.1. The Morgan fingerprint density at radius 2 is 1.85 bits per heavy atom. The highest BCUT2D eigenvalue weighted by Gasteiger charge is 2.39. The third-order valence-electron chi connectivity index (χ3n) is 7.19. The maximum absolute atomic E-state index is 14.1. The first-order valence-electron chi connectivity index (χ1n) is 12.9. The molecule has 5 rings (SSSR count). The number of likely N-dealkylation sites (tertiary alicyclic amines) is 1. The summed E-state index contributed by atoms with van der Waals surface area (Å²) in [7, 11) is 1.59. The third-order valence-corrected chi connectivity index (χ3v) is 7.19. The van der Waals surface area contributed by atoms with Gasteiger partial charge in [0.25, 0.3) is 0 Å². The average molecular weight is 542 g/mol. The zero-order valence-corrected chi connectivity index (χ0v) is 21.9. The summed E-state index contributed by atoms with van der Waals surface area (Å²) in [5, 5.41) is 10.6. The smallest absolute Gasteiger partial charge is 0.320 e. The number of hydrazine groups is 1. The number of aromatic nitrogens is 2. The molecule has 2 atom stereocenters. The van der Waals surface area contributed by atoms with Crippen LogP contribution in [0, 0.1) is 18.6 Å². The first-order valence-corrected chi connectivity index (χ1v) is 12.9. The zero-order chi connectivity index (χ0) is 27.4.